The van der Waals surface area contributed by atoms with Crippen molar-refractivity contribution in [3.05, 3.63) is 40.2 Å². The monoisotopic (exact) mass is 401 g/mol. The summed E-state index contributed by atoms with van der Waals surface area (Å²) in [4.78, 5) is 26.8. The summed E-state index contributed by atoms with van der Waals surface area (Å²) in [5, 5.41) is 10.5. The van der Waals surface area contributed by atoms with Crippen LogP contribution in [0.4, 0.5) is 0 Å². The van der Waals surface area contributed by atoms with E-state index in [1.54, 1.807) is 24.3 Å². The molecule has 0 unspecified atom stereocenters. The van der Waals surface area contributed by atoms with E-state index < -0.39 is 17.3 Å². The van der Waals surface area contributed by atoms with E-state index in [-0.39, 0.29) is 5.56 Å². The molecule has 29 heavy (non-hydrogen) atoms. The number of nitrogens with one attached hydrogen (secondary N) is 1. The Morgan fingerprint density at radius 2 is 1.45 bits per heavy atom. The Hall–Kier alpha value is -2.30. The molecule has 2 rings (SSSR count). The number of aromatic amines is 1. The molecule has 0 aliphatic carbocycles. The Morgan fingerprint density at radius 1 is 0.897 bits per heavy atom. The fraction of sp³-hybridized carbons (Fsp3) is 0.583. The number of fused-ring (bicyclic) bond motifs is 1. The number of unbranched alkanes of at least 4 members (excludes halogenated alkanes) is 11. The minimum atomic E-state index is -0.680. The van der Waals surface area contributed by atoms with E-state index >= 15 is 0 Å². The van der Waals surface area contributed by atoms with E-state index in [0.29, 0.717) is 17.5 Å². The zero-order valence-corrected chi connectivity index (χ0v) is 17.7. The van der Waals surface area contributed by atoms with Gasteiger partial charge in [-0.2, -0.15) is 0 Å². The number of hydrogen-bond donors (Lipinski definition) is 2. The number of ether oxygens (including phenoxy) is 1. The highest BCUT2D eigenvalue weighted by Crippen LogP contribution is 2.23. The predicted octanol–water partition coefficient (Wildman–Crippen LogP) is 6.09. The SMILES string of the molecule is CCCCCCCCCCCCCCOC(=O)c1c(O)c(=O)[nH]c2ccccc12. The first kappa shape index (κ1) is 23.0. The van der Waals surface area contributed by atoms with Crippen molar-refractivity contribution in [1.82, 2.24) is 4.98 Å². The van der Waals surface area contributed by atoms with Crippen molar-refractivity contribution in [2.45, 2.75) is 84.0 Å². The first-order chi connectivity index (χ1) is 14.1. The Balaban J connectivity index is 1.62. The number of benzene rings is 1. The largest absolute Gasteiger partial charge is 0.502 e. The van der Waals surface area contributed by atoms with Crippen LogP contribution < -0.4 is 5.56 Å². The number of pyridine rings is 1. The van der Waals surface area contributed by atoms with E-state index in [9.17, 15) is 14.7 Å². The maximum absolute atomic E-state index is 12.4. The molecular weight excluding hydrogens is 366 g/mol. The highest BCUT2D eigenvalue weighted by atomic mass is 16.5. The van der Waals surface area contributed by atoms with E-state index in [1.807, 2.05) is 0 Å². The smallest absolute Gasteiger partial charge is 0.342 e. The summed E-state index contributed by atoms with van der Waals surface area (Å²) in [7, 11) is 0. The number of aromatic hydroxyl groups is 1. The Morgan fingerprint density at radius 3 is 2.07 bits per heavy atom. The zero-order chi connectivity index (χ0) is 20.9. The van der Waals surface area contributed by atoms with Crippen LogP contribution in [-0.4, -0.2) is 22.7 Å². The molecule has 0 fully saturated rings. The molecule has 0 aliphatic heterocycles. The number of carbonyl (C=O) groups excluding carboxylic acids is 1. The van der Waals surface area contributed by atoms with Gasteiger partial charge >= 0.3 is 5.97 Å². The fourth-order valence-electron chi connectivity index (χ4n) is 3.62. The topological polar surface area (TPSA) is 79.4 Å². The second kappa shape index (κ2) is 13.0. The second-order valence-electron chi connectivity index (χ2n) is 7.75. The van der Waals surface area contributed by atoms with Crippen molar-refractivity contribution < 1.29 is 14.6 Å². The third-order valence-corrected chi connectivity index (χ3v) is 5.33. The van der Waals surface area contributed by atoms with E-state index in [0.717, 1.165) is 19.3 Å². The van der Waals surface area contributed by atoms with Gasteiger partial charge in [-0.15, -0.1) is 0 Å². The third kappa shape index (κ3) is 7.56. The molecule has 1 aromatic heterocycles. The summed E-state index contributed by atoms with van der Waals surface area (Å²) in [6.45, 7) is 2.55. The Labute approximate surface area is 173 Å². The quantitative estimate of drug-likeness (QED) is 0.296. The lowest BCUT2D eigenvalue weighted by Gasteiger charge is -2.09. The number of para-hydroxylation sites is 1. The van der Waals surface area contributed by atoms with Gasteiger partial charge in [-0.25, -0.2) is 4.79 Å². The van der Waals surface area contributed by atoms with Gasteiger partial charge in [0.15, 0.2) is 5.75 Å². The van der Waals surface area contributed by atoms with E-state index in [4.69, 9.17) is 4.74 Å². The zero-order valence-electron chi connectivity index (χ0n) is 17.7. The molecule has 1 heterocycles. The molecule has 160 valence electrons. The summed E-state index contributed by atoms with van der Waals surface area (Å²) in [6.07, 6.45) is 14.9. The molecule has 0 saturated carbocycles. The lowest BCUT2D eigenvalue weighted by Crippen LogP contribution is -2.14. The van der Waals surface area contributed by atoms with Crippen molar-refractivity contribution in [2.24, 2.45) is 0 Å². The molecule has 0 spiro atoms. The first-order valence-electron chi connectivity index (χ1n) is 11.2. The van der Waals surface area contributed by atoms with Gasteiger partial charge < -0.3 is 14.8 Å². The van der Waals surface area contributed by atoms with Gasteiger partial charge in [-0.1, -0.05) is 95.8 Å². The van der Waals surface area contributed by atoms with Crippen molar-refractivity contribution in [1.29, 1.82) is 0 Å². The Kier molecular flexibility index (Phi) is 10.3. The van der Waals surface area contributed by atoms with Gasteiger partial charge in [0, 0.05) is 10.9 Å². The molecule has 5 heteroatoms. The van der Waals surface area contributed by atoms with Gasteiger partial charge in [0.05, 0.1) is 6.61 Å². The van der Waals surface area contributed by atoms with Crippen LogP contribution >= 0.6 is 0 Å². The number of esters is 1. The maximum atomic E-state index is 12.4. The highest BCUT2D eigenvalue weighted by molar-refractivity contribution is 6.05. The minimum absolute atomic E-state index is 0.0525. The van der Waals surface area contributed by atoms with Gasteiger partial charge in [0.2, 0.25) is 0 Å². The van der Waals surface area contributed by atoms with Gasteiger partial charge in [-0.05, 0) is 12.5 Å². The van der Waals surface area contributed by atoms with Crippen molar-refractivity contribution in [3.63, 3.8) is 0 Å². The van der Waals surface area contributed by atoms with Crippen LogP contribution in [0.3, 0.4) is 0 Å². The molecule has 5 nitrogen and oxygen atoms in total. The third-order valence-electron chi connectivity index (χ3n) is 5.33. The number of carbonyl (C=O) groups is 1. The molecule has 1 aromatic carbocycles. The lowest BCUT2D eigenvalue weighted by atomic mass is 10.1. The second-order valence-corrected chi connectivity index (χ2v) is 7.75. The Bertz CT molecular complexity index is 812. The molecule has 0 atom stereocenters. The average Bonchev–Trinajstić information content (AvgIpc) is 2.72. The number of aromatic nitrogens is 1. The maximum Gasteiger partial charge on any atom is 0.342 e. The summed E-state index contributed by atoms with van der Waals surface area (Å²) in [5.74, 6) is -1.23. The molecule has 0 radical (unpaired) electrons. The fourth-order valence-corrected chi connectivity index (χ4v) is 3.62. The summed E-state index contributed by atoms with van der Waals surface area (Å²) >= 11 is 0. The number of H-pyrrole nitrogens is 1. The molecule has 0 saturated heterocycles. The van der Waals surface area contributed by atoms with Crippen molar-refractivity contribution in [2.75, 3.05) is 6.61 Å². The normalized spacial score (nSPS) is 11.1. The summed E-state index contributed by atoms with van der Waals surface area (Å²) in [6, 6.07) is 6.89. The van der Waals surface area contributed by atoms with E-state index in [2.05, 4.69) is 11.9 Å². The lowest BCUT2D eigenvalue weighted by molar-refractivity contribution is 0.0496. The minimum Gasteiger partial charge on any atom is -0.502 e. The van der Waals surface area contributed by atoms with Crippen LogP contribution in [-0.2, 0) is 4.74 Å². The predicted molar refractivity (Wildman–Crippen MR) is 118 cm³/mol. The molecular formula is C24H35NO4. The van der Waals surface area contributed by atoms with Crippen LogP contribution in [0.1, 0.15) is 94.3 Å². The van der Waals surface area contributed by atoms with Crippen LogP contribution in [0.15, 0.2) is 29.1 Å². The first-order valence-corrected chi connectivity index (χ1v) is 11.2. The van der Waals surface area contributed by atoms with Gasteiger partial charge in [0.25, 0.3) is 5.56 Å². The summed E-state index contributed by atoms with van der Waals surface area (Å²) < 4.78 is 5.31. The number of hydrogen-bond acceptors (Lipinski definition) is 4. The van der Waals surface area contributed by atoms with Crippen molar-refractivity contribution in [3.8, 4) is 5.75 Å². The molecule has 2 aromatic rings. The molecule has 0 aliphatic rings. The molecule has 2 N–H and O–H groups in total. The van der Waals surface area contributed by atoms with E-state index in [1.165, 1.54) is 57.8 Å². The van der Waals surface area contributed by atoms with Crippen LogP contribution in [0.5, 0.6) is 5.75 Å². The van der Waals surface area contributed by atoms with Crippen LogP contribution in [0.2, 0.25) is 0 Å². The van der Waals surface area contributed by atoms with Gasteiger partial charge in [-0.3, -0.25) is 4.79 Å². The molecule has 0 amide bonds. The van der Waals surface area contributed by atoms with Crippen molar-refractivity contribution >= 4 is 16.9 Å². The van der Waals surface area contributed by atoms with Crippen LogP contribution in [0, 0.1) is 0 Å². The average molecular weight is 402 g/mol. The molecule has 0 bridgehead atoms. The standard InChI is InChI=1S/C24H35NO4/c1-2-3-4-5-6-7-8-9-10-11-12-15-18-29-24(28)21-19-16-13-14-17-20(19)25-23(27)22(21)26/h13-14,16-17,26H,2-12,15,18H2,1H3,(H,25,27). The van der Waals surface area contributed by atoms with Gasteiger partial charge in [0.1, 0.15) is 5.56 Å². The van der Waals surface area contributed by atoms with Crippen LogP contribution in [0.25, 0.3) is 10.9 Å². The highest BCUT2D eigenvalue weighted by Gasteiger charge is 2.19. The summed E-state index contributed by atoms with van der Waals surface area (Å²) in [5.41, 5.74) is -0.225. The number of rotatable bonds is 14.